The van der Waals surface area contributed by atoms with Gasteiger partial charge in [0.05, 0.1) is 17.8 Å². The van der Waals surface area contributed by atoms with Crippen LogP contribution in [0.5, 0.6) is 0 Å². The first-order valence-corrected chi connectivity index (χ1v) is 18.4. The van der Waals surface area contributed by atoms with E-state index in [0.717, 1.165) is 16.5 Å². The van der Waals surface area contributed by atoms with Crippen molar-refractivity contribution in [1.82, 2.24) is 4.98 Å². The van der Waals surface area contributed by atoms with Crippen molar-refractivity contribution in [2.45, 2.75) is 12.8 Å². The third-order valence-electron chi connectivity index (χ3n) is 8.28. The molecule has 0 saturated carbocycles. The van der Waals surface area contributed by atoms with Gasteiger partial charge in [0.15, 0.2) is 11.6 Å². The molecule has 0 spiro atoms. The Bertz CT molecular complexity index is 2790. The van der Waals surface area contributed by atoms with E-state index in [0.29, 0.717) is 39.2 Å². The molecule has 0 aliphatic rings. The summed E-state index contributed by atoms with van der Waals surface area (Å²) in [6.07, 6.45) is -0.435. The number of H-pyrrole nitrogens is 1. The van der Waals surface area contributed by atoms with E-state index in [-0.39, 0.29) is 35.5 Å². The number of amides is 1. The minimum absolute atomic E-state index is 0.0336. The molecule has 7 aromatic rings. The molecular weight excluding hydrogens is 776 g/mol. The molecule has 0 bridgehead atoms. The Balaban J connectivity index is 0.000000187. The SMILES string of the molecule is N#CCC(=O)Cl.N#CCC(=O)Nc1ccccc1C(=O)c1ccccc1.N#Cc1c(-c2ccccc2)c2ccccc2[nH]c1=O.Nc1ccccc1C(=O)c1ccccc1. The van der Waals surface area contributed by atoms with Crippen LogP contribution in [0.4, 0.5) is 11.4 Å². The van der Waals surface area contributed by atoms with Crippen molar-refractivity contribution in [3.05, 3.63) is 202 Å². The number of nitriles is 3. The van der Waals surface area contributed by atoms with Crippen LogP contribution in [0.2, 0.25) is 0 Å². The minimum Gasteiger partial charge on any atom is -0.398 e. The summed E-state index contributed by atoms with van der Waals surface area (Å²) in [5.41, 5.74) is 11.0. The summed E-state index contributed by atoms with van der Waals surface area (Å²) >= 11 is 4.72. The number of para-hydroxylation sites is 3. The van der Waals surface area contributed by atoms with Crippen LogP contribution in [0.3, 0.4) is 0 Å². The van der Waals surface area contributed by atoms with Gasteiger partial charge in [-0.2, -0.15) is 15.8 Å². The minimum atomic E-state index is -0.600. The van der Waals surface area contributed by atoms with E-state index in [1.54, 1.807) is 84.9 Å². The second kappa shape index (κ2) is 23.0. The standard InChI is InChI=1S/C16H12N2O2.C16H10N2O.C13H11NO.C3H2ClNO/c17-11-10-15(19)18-14-9-5-4-8-13(14)16(20)12-6-2-1-3-7-12;17-10-13-15(11-6-2-1-3-7-11)12-8-4-5-9-14(12)18-16(13)19;14-12-9-5-4-8-11(12)13(15)10-6-2-1-3-7-10;4-3(6)1-2-5/h1-9H,10H2,(H,18,19);1-9H,(H,18,19);1-9H,14H2;1H2. The summed E-state index contributed by atoms with van der Waals surface area (Å²) in [5.74, 6) is -0.632. The second-order valence-corrected chi connectivity index (χ2v) is 12.7. The molecule has 1 amide bonds. The molecule has 0 aliphatic carbocycles. The maximum Gasteiger partial charge on any atom is 0.266 e. The summed E-state index contributed by atoms with van der Waals surface area (Å²) in [4.78, 5) is 60.2. The lowest BCUT2D eigenvalue weighted by Gasteiger charge is -2.09. The number of aromatic nitrogens is 1. The van der Waals surface area contributed by atoms with Gasteiger partial charge in [-0.1, -0.05) is 133 Å². The van der Waals surface area contributed by atoms with Crippen LogP contribution in [0.25, 0.3) is 22.0 Å². The Morgan fingerprint density at radius 1 is 0.600 bits per heavy atom. The zero-order valence-electron chi connectivity index (χ0n) is 31.8. The van der Waals surface area contributed by atoms with Gasteiger partial charge in [-0.25, -0.2) is 0 Å². The summed E-state index contributed by atoms with van der Waals surface area (Å²) in [6.45, 7) is 0. The fourth-order valence-electron chi connectivity index (χ4n) is 5.57. The lowest BCUT2D eigenvalue weighted by atomic mass is 9.97. The highest BCUT2D eigenvalue weighted by Crippen LogP contribution is 2.29. The van der Waals surface area contributed by atoms with E-state index in [9.17, 15) is 29.2 Å². The maximum atomic E-state index is 12.4. The number of hydrogen-bond acceptors (Lipinski definition) is 9. The lowest BCUT2D eigenvalue weighted by Crippen LogP contribution is -2.14. The highest BCUT2D eigenvalue weighted by molar-refractivity contribution is 6.63. The zero-order chi connectivity index (χ0) is 43.3. The van der Waals surface area contributed by atoms with Gasteiger partial charge in [0.25, 0.3) is 5.56 Å². The van der Waals surface area contributed by atoms with E-state index in [2.05, 4.69) is 10.3 Å². The number of hydrogen-bond donors (Lipinski definition) is 3. The largest absolute Gasteiger partial charge is 0.398 e. The van der Waals surface area contributed by atoms with Crippen molar-refractivity contribution in [3.63, 3.8) is 0 Å². The van der Waals surface area contributed by atoms with Crippen LogP contribution in [0, 0.1) is 34.0 Å². The van der Waals surface area contributed by atoms with Crippen LogP contribution < -0.4 is 16.6 Å². The highest BCUT2D eigenvalue weighted by Gasteiger charge is 2.15. The molecule has 12 heteroatoms. The third-order valence-corrected chi connectivity index (χ3v) is 8.41. The highest BCUT2D eigenvalue weighted by atomic mass is 35.5. The van der Waals surface area contributed by atoms with Crippen LogP contribution in [0.15, 0.2) is 169 Å². The number of carbonyl (C=O) groups is 4. The summed E-state index contributed by atoms with van der Waals surface area (Å²) in [5, 5.41) is 28.3. The monoisotopic (exact) mass is 810 g/mol. The number of halogens is 1. The van der Waals surface area contributed by atoms with E-state index in [4.69, 9.17) is 27.9 Å². The van der Waals surface area contributed by atoms with Crippen LogP contribution in [0.1, 0.15) is 50.2 Å². The number of carbonyl (C=O) groups excluding carboxylic acids is 4. The second-order valence-electron chi connectivity index (χ2n) is 12.3. The average Bonchev–Trinajstić information content (AvgIpc) is 3.27. The first-order chi connectivity index (χ1) is 29.1. The van der Waals surface area contributed by atoms with Gasteiger partial charge >= 0.3 is 0 Å². The normalized spacial score (nSPS) is 9.57. The van der Waals surface area contributed by atoms with Crippen molar-refractivity contribution >= 4 is 56.6 Å². The van der Waals surface area contributed by atoms with Gasteiger partial charge in [-0.15, -0.1) is 0 Å². The third kappa shape index (κ3) is 12.5. The van der Waals surface area contributed by atoms with Crippen LogP contribution >= 0.6 is 11.6 Å². The quantitative estimate of drug-likeness (QED) is 0.0758. The summed E-state index contributed by atoms with van der Waals surface area (Å²) < 4.78 is 0. The predicted octanol–water partition coefficient (Wildman–Crippen LogP) is 9.00. The van der Waals surface area contributed by atoms with Crippen molar-refractivity contribution < 1.29 is 19.2 Å². The molecule has 0 unspecified atom stereocenters. The zero-order valence-corrected chi connectivity index (χ0v) is 32.6. The molecule has 6 aromatic carbocycles. The molecule has 1 aromatic heterocycles. The lowest BCUT2D eigenvalue weighted by molar-refractivity contribution is -0.115. The van der Waals surface area contributed by atoms with Gasteiger partial charge in [-0.3, -0.25) is 24.0 Å². The molecule has 1 heterocycles. The Hall–Kier alpha value is -8.43. The number of anilines is 2. The maximum absolute atomic E-state index is 12.4. The number of nitrogens with one attached hydrogen (secondary N) is 2. The van der Waals surface area contributed by atoms with Gasteiger partial charge < -0.3 is 16.0 Å². The van der Waals surface area contributed by atoms with Crippen LogP contribution in [-0.2, 0) is 9.59 Å². The number of rotatable bonds is 8. The molecule has 0 fully saturated rings. The number of nitrogen functional groups attached to an aromatic ring is 1. The van der Waals surface area contributed by atoms with Crippen molar-refractivity contribution in [2.24, 2.45) is 0 Å². The Kier molecular flexibility index (Phi) is 16.9. The van der Waals surface area contributed by atoms with Crippen molar-refractivity contribution in [2.75, 3.05) is 11.1 Å². The van der Waals surface area contributed by atoms with E-state index < -0.39 is 11.1 Å². The topological polar surface area (TPSA) is 211 Å². The smallest absolute Gasteiger partial charge is 0.266 e. The molecule has 4 N–H and O–H groups in total. The summed E-state index contributed by atoms with van der Waals surface area (Å²) in [6, 6.07) is 54.2. The first kappa shape index (κ1) is 44.3. The number of fused-ring (bicyclic) bond motifs is 1. The number of aromatic amines is 1. The summed E-state index contributed by atoms with van der Waals surface area (Å²) in [7, 11) is 0. The van der Waals surface area contributed by atoms with Crippen molar-refractivity contribution in [1.29, 1.82) is 15.8 Å². The number of nitrogens with zero attached hydrogens (tertiary/aromatic N) is 3. The van der Waals surface area contributed by atoms with Crippen molar-refractivity contribution in [3.8, 4) is 29.3 Å². The molecule has 0 aliphatic heterocycles. The van der Waals surface area contributed by atoms with Gasteiger partial charge in [-0.05, 0) is 47.5 Å². The van der Waals surface area contributed by atoms with Gasteiger partial charge in [0, 0.05) is 44.4 Å². The van der Waals surface area contributed by atoms with E-state index in [1.807, 2.05) is 97.1 Å². The number of ketones is 2. The number of pyridine rings is 1. The Labute approximate surface area is 350 Å². The molecule has 294 valence electrons. The van der Waals surface area contributed by atoms with Crippen LogP contribution in [-0.4, -0.2) is 27.7 Å². The Morgan fingerprint density at radius 3 is 1.62 bits per heavy atom. The molecule has 0 atom stereocenters. The van der Waals surface area contributed by atoms with Gasteiger partial charge in [0.2, 0.25) is 11.1 Å². The molecule has 0 radical (unpaired) electrons. The molecule has 7 rings (SSSR count). The number of benzene rings is 6. The number of nitrogens with two attached hydrogens (primary N) is 1. The molecule has 11 nitrogen and oxygen atoms in total. The fourth-order valence-corrected chi connectivity index (χ4v) is 5.63. The molecule has 60 heavy (non-hydrogen) atoms. The predicted molar refractivity (Wildman–Crippen MR) is 232 cm³/mol. The van der Waals surface area contributed by atoms with Gasteiger partial charge in [0.1, 0.15) is 24.5 Å². The Morgan fingerprint density at radius 2 is 1.08 bits per heavy atom. The fraction of sp³-hybridized carbons (Fsp3) is 0.0417. The van der Waals surface area contributed by atoms with E-state index in [1.165, 1.54) is 0 Å². The van der Waals surface area contributed by atoms with E-state index >= 15 is 0 Å². The average molecular weight is 811 g/mol. The molecule has 0 saturated heterocycles. The first-order valence-electron chi connectivity index (χ1n) is 18.0. The molecular formula is C48H35ClN6O5.